The van der Waals surface area contributed by atoms with Crippen LogP contribution in [0.25, 0.3) is 0 Å². The number of hydrogen-bond acceptors (Lipinski definition) is 3. The van der Waals surface area contributed by atoms with Gasteiger partial charge in [0.05, 0.1) is 13.2 Å². The third-order valence-corrected chi connectivity index (χ3v) is 4.79. The SMILES string of the molecule is CC(CCc1ccccc1)NC1CCC2(CC1)OCCO2. The van der Waals surface area contributed by atoms with Gasteiger partial charge in [-0.2, -0.15) is 0 Å². The first kappa shape index (κ1) is 15.0. The van der Waals surface area contributed by atoms with E-state index in [9.17, 15) is 0 Å². The van der Waals surface area contributed by atoms with E-state index in [2.05, 4.69) is 42.6 Å². The zero-order valence-corrected chi connectivity index (χ0v) is 13.0. The molecule has 1 aromatic carbocycles. The van der Waals surface area contributed by atoms with Crippen molar-refractivity contribution < 1.29 is 9.47 Å². The first-order valence-corrected chi connectivity index (χ1v) is 8.34. The Kier molecular flexibility index (Phi) is 4.94. The van der Waals surface area contributed by atoms with Crippen molar-refractivity contribution in [1.82, 2.24) is 5.32 Å². The van der Waals surface area contributed by atoms with Gasteiger partial charge in [-0.1, -0.05) is 30.3 Å². The minimum Gasteiger partial charge on any atom is -0.348 e. The van der Waals surface area contributed by atoms with E-state index in [4.69, 9.17) is 9.47 Å². The van der Waals surface area contributed by atoms with Gasteiger partial charge in [0.25, 0.3) is 0 Å². The van der Waals surface area contributed by atoms with E-state index in [1.54, 1.807) is 0 Å². The van der Waals surface area contributed by atoms with E-state index in [0.29, 0.717) is 12.1 Å². The molecule has 1 N–H and O–H groups in total. The minimum atomic E-state index is -0.231. The monoisotopic (exact) mass is 289 g/mol. The summed E-state index contributed by atoms with van der Waals surface area (Å²) in [7, 11) is 0. The van der Waals surface area contributed by atoms with Crippen molar-refractivity contribution in [2.75, 3.05) is 13.2 Å². The van der Waals surface area contributed by atoms with Crippen LogP contribution in [0.1, 0.15) is 44.6 Å². The fraction of sp³-hybridized carbons (Fsp3) is 0.667. The first-order chi connectivity index (χ1) is 10.3. The van der Waals surface area contributed by atoms with Gasteiger partial charge in [-0.3, -0.25) is 0 Å². The van der Waals surface area contributed by atoms with E-state index >= 15 is 0 Å². The summed E-state index contributed by atoms with van der Waals surface area (Å²) in [5.74, 6) is -0.231. The lowest BCUT2D eigenvalue weighted by molar-refractivity contribution is -0.179. The lowest BCUT2D eigenvalue weighted by Gasteiger charge is -2.36. The summed E-state index contributed by atoms with van der Waals surface area (Å²) in [5.41, 5.74) is 1.43. The molecule has 1 saturated heterocycles. The highest BCUT2D eigenvalue weighted by Gasteiger charge is 2.40. The average molecular weight is 289 g/mol. The van der Waals surface area contributed by atoms with Crippen molar-refractivity contribution >= 4 is 0 Å². The Morgan fingerprint density at radius 1 is 1.14 bits per heavy atom. The summed E-state index contributed by atoms with van der Waals surface area (Å²) in [6.07, 6.45) is 6.74. The molecule has 0 radical (unpaired) electrons. The molecular formula is C18H27NO2. The first-order valence-electron chi connectivity index (χ1n) is 8.34. The molecule has 3 rings (SSSR count). The summed E-state index contributed by atoms with van der Waals surface area (Å²) in [6, 6.07) is 11.9. The zero-order valence-electron chi connectivity index (χ0n) is 13.0. The summed E-state index contributed by atoms with van der Waals surface area (Å²) in [4.78, 5) is 0. The molecule has 1 aromatic rings. The summed E-state index contributed by atoms with van der Waals surface area (Å²) in [5, 5.41) is 3.78. The second-order valence-electron chi connectivity index (χ2n) is 6.47. The minimum absolute atomic E-state index is 0.231. The Morgan fingerprint density at radius 3 is 2.48 bits per heavy atom. The van der Waals surface area contributed by atoms with Crippen molar-refractivity contribution in [3.63, 3.8) is 0 Å². The van der Waals surface area contributed by atoms with E-state index < -0.39 is 0 Å². The van der Waals surface area contributed by atoms with Crippen LogP contribution in [-0.4, -0.2) is 31.1 Å². The molecule has 0 aromatic heterocycles. The van der Waals surface area contributed by atoms with Crippen LogP contribution in [0, 0.1) is 0 Å². The smallest absolute Gasteiger partial charge is 0.168 e. The normalized spacial score (nSPS) is 23.5. The molecule has 21 heavy (non-hydrogen) atoms. The Morgan fingerprint density at radius 2 is 1.81 bits per heavy atom. The zero-order chi connectivity index (χ0) is 14.5. The van der Waals surface area contributed by atoms with Crippen LogP contribution >= 0.6 is 0 Å². The fourth-order valence-electron chi connectivity index (χ4n) is 3.52. The van der Waals surface area contributed by atoms with Gasteiger partial charge in [0, 0.05) is 24.9 Å². The van der Waals surface area contributed by atoms with Crippen molar-refractivity contribution in [3.05, 3.63) is 35.9 Å². The van der Waals surface area contributed by atoms with Crippen LogP contribution in [-0.2, 0) is 15.9 Å². The molecule has 1 spiro atoms. The largest absolute Gasteiger partial charge is 0.348 e. The number of rotatable bonds is 5. The molecule has 3 heteroatoms. The maximum absolute atomic E-state index is 5.79. The van der Waals surface area contributed by atoms with E-state index in [-0.39, 0.29) is 5.79 Å². The number of benzene rings is 1. The number of ether oxygens (including phenoxy) is 2. The van der Waals surface area contributed by atoms with Gasteiger partial charge in [-0.15, -0.1) is 0 Å². The summed E-state index contributed by atoms with van der Waals surface area (Å²) < 4.78 is 11.6. The Balaban J connectivity index is 1.38. The van der Waals surface area contributed by atoms with Gasteiger partial charge < -0.3 is 14.8 Å². The van der Waals surface area contributed by atoms with Gasteiger partial charge in [-0.25, -0.2) is 0 Å². The molecule has 1 atom stereocenters. The van der Waals surface area contributed by atoms with Crippen molar-refractivity contribution in [2.24, 2.45) is 0 Å². The van der Waals surface area contributed by atoms with E-state index in [1.165, 1.54) is 12.0 Å². The molecule has 2 fully saturated rings. The standard InChI is InChI=1S/C18H27NO2/c1-15(7-8-16-5-3-2-4-6-16)19-17-9-11-18(12-10-17)20-13-14-21-18/h2-6,15,17,19H,7-14H2,1H3. The molecule has 0 amide bonds. The predicted octanol–water partition coefficient (Wildman–Crippen LogP) is 3.28. The van der Waals surface area contributed by atoms with E-state index in [0.717, 1.165) is 45.3 Å². The van der Waals surface area contributed by atoms with Crippen LogP contribution < -0.4 is 5.32 Å². The predicted molar refractivity (Wildman–Crippen MR) is 84.3 cm³/mol. The molecule has 2 aliphatic rings. The quantitative estimate of drug-likeness (QED) is 0.902. The van der Waals surface area contributed by atoms with Gasteiger partial charge >= 0.3 is 0 Å². The van der Waals surface area contributed by atoms with Crippen LogP contribution in [0.2, 0.25) is 0 Å². The highest BCUT2D eigenvalue weighted by Crippen LogP contribution is 2.35. The Labute approximate surface area is 128 Å². The summed E-state index contributed by atoms with van der Waals surface area (Å²) >= 11 is 0. The van der Waals surface area contributed by atoms with Crippen LogP contribution in [0.4, 0.5) is 0 Å². The van der Waals surface area contributed by atoms with Crippen LogP contribution in [0.3, 0.4) is 0 Å². The highest BCUT2D eigenvalue weighted by atomic mass is 16.7. The molecule has 1 aliphatic carbocycles. The fourth-order valence-corrected chi connectivity index (χ4v) is 3.52. The van der Waals surface area contributed by atoms with Gasteiger partial charge in [-0.05, 0) is 38.2 Å². The molecule has 1 heterocycles. The Bertz CT molecular complexity index is 418. The molecule has 3 nitrogen and oxygen atoms in total. The lowest BCUT2D eigenvalue weighted by Crippen LogP contribution is -2.44. The van der Waals surface area contributed by atoms with E-state index in [1.807, 2.05) is 0 Å². The topological polar surface area (TPSA) is 30.5 Å². The molecule has 0 bridgehead atoms. The Hall–Kier alpha value is -0.900. The van der Waals surface area contributed by atoms with Crippen LogP contribution in [0.15, 0.2) is 30.3 Å². The summed E-state index contributed by atoms with van der Waals surface area (Å²) in [6.45, 7) is 3.84. The molecular weight excluding hydrogens is 262 g/mol. The van der Waals surface area contributed by atoms with Crippen molar-refractivity contribution in [3.8, 4) is 0 Å². The van der Waals surface area contributed by atoms with Crippen molar-refractivity contribution in [1.29, 1.82) is 0 Å². The van der Waals surface area contributed by atoms with Gasteiger partial charge in [0.15, 0.2) is 5.79 Å². The average Bonchev–Trinajstić information content (AvgIpc) is 2.97. The third-order valence-electron chi connectivity index (χ3n) is 4.79. The molecule has 1 saturated carbocycles. The highest BCUT2D eigenvalue weighted by molar-refractivity contribution is 5.14. The van der Waals surface area contributed by atoms with Gasteiger partial charge in [0.1, 0.15) is 0 Å². The molecule has 116 valence electrons. The van der Waals surface area contributed by atoms with Gasteiger partial charge in [0.2, 0.25) is 0 Å². The number of hydrogen-bond donors (Lipinski definition) is 1. The second kappa shape index (κ2) is 6.91. The lowest BCUT2D eigenvalue weighted by atomic mass is 9.89. The number of aryl methyl sites for hydroxylation is 1. The second-order valence-corrected chi connectivity index (χ2v) is 6.47. The maximum atomic E-state index is 5.79. The molecule has 1 unspecified atom stereocenters. The number of nitrogens with one attached hydrogen (secondary N) is 1. The maximum Gasteiger partial charge on any atom is 0.168 e. The third kappa shape index (κ3) is 4.06. The van der Waals surface area contributed by atoms with Crippen molar-refractivity contribution in [2.45, 2.75) is 63.3 Å². The molecule has 1 aliphatic heterocycles. The van der Waals surface area contributed by atoms with Crippen LogP contribution in [0.5, 0.6) is 0 Å².